The molecule has 0 radical (unpaired) electrons. The third-order valence-electron chi connectivity index (χ3n) is 2.50. The van der Waals surface area contributed by atoms with E-state index in [-0.39, 0.29) is 12.1 Å². The summed E-state index contributed by atoms with van der Waals surface area (Å²) in [7, 11) is 0. The van der Waals surface area contributed by atoms with Gasteiger partial charge in [-0.1, -0.05) is 6.58 Å². The molecule has 0 saturated carbocycles. The molecule has 1 saturated heterocycles. The fourth-order valence-corrected chi connectivity index (χ4v) is 1.60. The van der Waals surface area contributed by atoms with Gasteiger partial charge in [0.2, 0.25) is 6.10 Å². The molecule has 5 heteroatoms. The number of ether oxygens (including phenoxy) is 1. The van der Waals surface area contributed by atoms with Gasteiger partial charge in [0.1, 0.15) is 0 Å². The van der Waals surface area contributed by atoms with Crippen molar-refractivity contribution in [2.24, 2.45) is 0 Å². The lowest BCUT2D eigenvalue weighted by Crippen LogP contribution is -2.38. The molecule has 1 unspecified atom stereocenters. The van der Waals surface area contributed by atoms with Gasteiger partial charge < -0.3 is 9.84 Å². The van der Waals surface area contributed by atoms with Crippen LogP contribution in [-0.2, 0) is 14.3 Å². The Morgan fingerprint density at radius 3 is 2.44 bits per heavy atom. The topological polar surface area (TPSA) is 66.8 Å². The van der Waals surface area contributed by atoms with Crippen LogP contribution < -0.4 is 0 Å². The summed E-state index contributed by atoms with van der Waals surface area (Å²) in [4.78, 5) is 24.1. The Morgan fingerprint density at radius 2 is 2.00 bits per heavy atom. The molecule has 1 atom stereocenters. The van der Waals surface area contributed by atoms with E-state index < -0.39 is 18.0 Å². The zero-order chi connectivity index (χ0) is 12.1. The van der Waals surface area contributed by atoms with E-state index in [1.165, 1.54) is 6.92 Å². The second-order valence-corrected chi connectivity index (χ2v) is 4.02. The van der Waals surface area contributed by atoms with Gasteiger partial charge in [0, 0.05) is 12.1 Å². The Hall–Kier alpha value is -1.36. The minimum atomic E-state index is -1.11. The van der Waals surface area contributed by atoms with Gasteiger partial charge >= 0.3 is 11.9 Å². The minimum Gasteiger partial charge on any atom is -0.478 e. The van der Waals surface area contributed by atoms with E-state index in [1.54, 1.807) is 0 Å². The number of esters is 1. The molecule has 1 rings (SSSR count). The number of carbonyl (C=O) groups excluding carboxylic acids is 1. The Bertz CT molecular complexity index is 294. The summed E-state index contributed by atoms with van der Waals surface area (Å²) in [6.07, 6.45) is 1.05. The predicted molar refractivity (Wildman–Crippen MR) is 58.0 cm³/mol. The molecule has 1 N–H and O–H groups in total. The van der Waals surface area contributed by atoms with Crippen LogP contribution >= 0.6 is 0 Å². The van der Waals surface area contributed by atoms with Gasteiger partial charge in [-0.2, -0.15) is 0 Å². The van der Waals surface area contributed by atoms with Crippen LogP contribution in [0.3, 0.4) is 0 Å². The molecule has 1 fully saturated rings. The SMILES string of the molecule is C=C(C)C(=O)OC(CN1CCCC1)C(=O)O. The lowest BCUT2D eigenvalue weighted by molar-refractivity contribution is -0.162. The average molecular weight is 227 g/mol. The molecule has 90 valence electrons. The summed E-state index contributed by atoms with van der Waals surface area (Å²) in [6, 6.07) is 0. The average Bonchev–Trinajstić information content (AvgIpc) is 2.68. The first kappa shape index (κ1) is 12.7. The van der Waals surface area contributed by atoms with Crippen LogP contribution in [-0.4, -0.2) is 47.7 Å². The first-order valence-corrected chi connectivity index (χ1v) is 5.32. The maximum absolute atomic E-state index is 11.2. The smallest absolute Gasteiger partial charge is 0.346 e. The molecule has 16 heavy (non-hydrogen) atoms. The van der Waals surface area contributed by atoms with Crippen LogP contribution in [0, 0.1) is 0 Å². The molecule has 0 aromatic heterocycles. The first-order chi connectivity index (χ1) is 7.50. The van der Waals surface area contributed by atoms with Crippen molar-refractivity contribution in [2.45, 2.75) is 25.9 Å². The van der Waals surface area contributed by atoms with Crippen molar-refractivity contribution in [3.05, 3.63) is 12.2 Å². The second kappa shape index (κ2) is 5.65. The zero-order valence-electron chi connectivity index (χ0n) is 9.44. The monoisotopic (exact) mass is 227 g/mol. The highest BCUT2D eigenvalue weighted by atomic mass is 16.6. The number of rotatable bonds is 5. The van der Waals surface area contributed by atoms with Crippen LogP contribution in [0.5, 0.6) is 0 Å². The molecule has 1 heterocycles. The fourth-order valence-electron chi connectivity index (χ4n) is 1.60. The second-order valence-electron chi connectivity index (χ2n) is 4.02. The van der Waals surface area contributed by atoms with Gasteiger partial charge in [-0.25, -0.2) is 9.59 Å². The Kier molecular flexibility index (Phi) is 4.49. The molecular weight excluding hydrogens is 210 g/mol. The van der Waals surface area contributed by atoms with Crippen LogP contribution in [0.25, 0.3) is 0 Å². The Morgan fingerprint density at radius 1 is 1.44 bits per heavy atom. The lowest BCUT2D eigenvalue weighted by atomic mass is 10.3. The maximum Gasteiger partial charge on any atom is 0.346 e. The van der Waals surface area contributed by atoms with Crippen LogP contribution in [0.2, 0.25) is 0 Å². The summed E-state index contributed by atoms with van der Waals surface area (Å²) in [5.74, 6) is -1.76. The van der Waals surface area contributed by atoms with Crippen molar-refractivity contribution in [2.75, 3.05) is 19.6 Å². The molecule has 0 amide bonds. The van der Waals surface area contributed by atoms with E-state index in [0.717, 1.165) is 25.9 Å². The van der Waals surface area contributed by atoms with Gasteiger partial charge in [-0.05, 0) is 32.9 Å². The third kappa shape index (κ3) is 3.66. The van der Waals surface area contributed by atoms with Gasteiger partial charge in [0.25, 0.3) is 0 Å². The quantitative estimate of drug-likeness (QED) is 0.552. The third-order valence-corrected chi connectivity index (χ3v) is 2.50. The van der Waals surface area contributed by atoms with Gasteiger partial charge in [0.15, 0.2) is 0 Å². The summed E-state index contributed by atoms with van der Waals surface area (Å²) < 4.78 is 4.86. The number of carbonyl (C=O) groups is 2. The molecule has 1 aliphatic rings. The van der Waals surface area contributed by atoms with E-state index in [1.807, 2.05) is 4.90 Å². The first-order valence-electron chi connectivity index (χ1n) is 5.32. The van der Waals surface area contributed by atoms with Gasteiger partial charge in [0.05, 0.1) is 0 Å². The van der Waals surface area contributed by atoms with Gasteiger partial charge in [-0.3, -0.25) is 4.90 Å². The predicted octanol–water partition coefficient (Wildman–Crippen LogP) is 0.655. The molecule has 0 aliphatic carbocycles. The standard InChI is InChI=1S/C11H17NO4/c1-8(2)11(15)16-9(10(13)14)7-12-5-3-4-6-12/h9H,1,3-7H2,2H3,(H,13,14). The molecule has 0 aromatic carbocycles. The van der Waals surface area contributed by atoms with Crippen molar-refractivity contribution >= 4 is 11.9 Å². The van der Waals surface area contributed by atoms with E-state index in [9.17, 15) is 9.59 Å². The number of hydrogen-bond donors (Lipinski definition) is 1. The normalized spacial score (nSPS) is 18.1. The van der Waals surface area contributed by atoms with Crippen molar-refractivity contribution in [3.63, 3.8) is 0 Å². The van der Waals surface area contributed by atoms with E-state index in [0.29, 0.717) is 0 Å². The largest absolute Gasteiger partial charge is 0.478 e. The number of nitrogens with zero attached hydrogens (tertiary/aromatic N) is 1. The van der Waals surface area contributed by atoms with Crippen molar-refractivity contribution in [3.8, 4) is 0 Å². The number of aliphatic carboxylic acids is 1. The highest BCUT2D eigenvalue weighted by Crippen LogP contribution is 2.10. The molecular formula is C11H17NO4. The van der Waals surface area contributed by atoms with Crippen molar-refractivity contribution in [1.82, 2.24) is 4.90 Å². The molecule has 0 bridgehead atoms. The Labute approximate surface area is 94.7 Å². The zero-order valence-corrected chi connectivity index (χ0v) is 9.44. The number of hydrogen-bond acceptors (Lipinski definition) is 4. The number of carboxylic acid groups (broad SMARTS) is 1. The van der Waals surface area contributed by atoms with Crippen LogP contribution in [0.4, 0.5) is 0 Å². The number of likely N-dealkylation sites (tertiary alicyclic amines) is 1. The van der Waals surface area contributed by atoms with Crippen LogP contribution in [0.15, 0.2) is 12.2 Å². The fraction of sp³-hybridized carbons (Fsp3) is 0.636. The molecule has 0 spiro atoms. The van der Waals surface area contributed by atoms with Crippen molar-refractivity contribution < 1.29 is 19.4 Å². The number of carboxylic acids is 1. The van der Waals surface area contributed by atoms with Crippen LogP contribution in [0.1, 0.15) is 19.8 Å². The molecule has 5 nitrogen and oxygen atoms in total. The summed E-state index contributed by atoms with van der Waals surface area (Å²) in [5.41, 5.74) is 0.215. The van der Waals surface area contributed by atoms with E-state index in [2.05, 4.69) is 6.58 Å². The maximum atomic E-state index is 11.2. The minimum absolute atomic E-state index is 0.215. The van der Waals surface area contributed by atoms with E-state index >= 15 is 0 Å². The summed E-state index contributed by atoms with van der Waals surface area (Å²) >= 11 is 0. The highest BCUT2D eigenvalue weighted by molar-refractivity contribution is 5.89. The molecule has 0 aromatic rings. The van der Waals surface area contributed by atoms with Crippen molar-refractivity contribution in [1.29, 1.82) is 0 Å². The molecule has 1 aliphatic heterocycles. The summed E-state index contributed by atoms with van der Waals surface area (Å²) in [6.45, 7) is 6.91. The summed E-state index contributed by atoms with van der Waals surface area (Å²) in [5, 5.41) is 8.93. The highest BCUT2D eigenvalue weighted by Gasteiger charge is 2.26. The van der Waals surface area contributed by atoms with E-state index in [4.69, 9.17) is 9.84 Å². The lowest BCUT2D eigenvalue weighted by Gasteiger charge is -2.20. The van der Waals surface area contributed by atoms with Gasteiger partial charge in [-0.15, -0.1) is 0 Å². The Balaban J connectivity index is 2.50.